The standard InChI is InChI=1S/C19H14BrN3O/c1-10-2-4-16-12(6-10)15(9-23-16)18-13-7-11(20)3-5-17(13)24-19(22)14(18)8-21/h2-7,9,18,23H,22H2,1H3/t18-/m0/s1. The normalized spacial score (nSPS) is 16.6. The van der Waals surface area contributed by atoms with Crippen LogP contribution in [0, 0.1) is 18.3 Å². The zero-order valence-corrected chi connectivity index (χ0v) is 14.5. The molecule has 2 heterocycles. The molecule has 3 aromatic rings. The molecule has 0 unspecified atom stereocenters. The summed E-state index contributed by atoms with van der Waals surface area (Å²) in [6.07, 6.45) is 1.95. The molecule has 0 spiro atoms. The van der Waals surface area contributed by atoms with Gasteiger partial charge in [-0.3, -0.25) is 0 Å². The van der Waals surface area contributed by atoms with E-state index in [1.165, 1.54) is 5.56 Å². The number of halogens is 1. The molecule has 0 amide bonds. The van der Waals surface area contributed by atoms with E-state index in [4.69, 9.17) is 10.5 Å². The summed E-state index contributed by atoms with van der Waals surface area (Å²) in [5, 5.41) is 10.8. The topological polar surface area (TPSA) is 74.8 Å². The number of allylic oxidation sites excluding steroid dienone is 1. The third-order valence-corrected chi connectivity index (χ3v) is 4.85. The van der Waals surface area contributed by atoms with Crippen LogP contribution in [0.2, 0.25) is 0 Å². The number of nitriles is 1. The molecule has 1 aliphatic rings. The lowest BCUT2D eigenvalue weighted by atomic mass is 9.83. The molecule has 0 saturated heterocycles. The van der Waals surface area contributed by atoms with Crippen molar-refractivity contribution < 1.29 is 4.74 Å². The molecule has 1 aliphatic heterocycles. The zero-order chi connectivity index (χ0) is 16.8. The van der Waals surface area contributed by atoms with Gasteiger partial charge in [0, 0.05) is 27.1 Å². The Labute approximate surface area is 147 Å². The van der Waals surface area contributed by atoms with Crippen molar-refractivity contribution in [2.75, 3.05) is 0 Å². The van der Waals surface area contributed by atoms with Gasteiger partial charge in [0.25, 0.3) is 0 Å². The Morgan fingerprint density at radius 1 is 1.21 bits per heavy atom. The lowest BCUT2D eigenvalue weighted by molar-refractivity contribution is 0.394. The number of H-pyrrole nitrogens is 1. The molecule has 5 heteroatoms. The third kappa shape index (κ3) is 2.19. The molecular formula is C19H14BrN3O. The molecule has 0 saturated carbocycles. The van der Waals surface area contributed by atoms with Gasteiger partial charge in [-0.15, -0.1) is 0 Å². The van der Waals surface area contributed by atoms with Gasteiger partial charge in [-0.1, -0.05) is 27.6 Å². The zero-order valence-electron chi connectivity index (χ0n) is 12.9. The van der Waals surface area contributed by atoms with Crippen molar-refractivity contribution in [2.45, 2.75) is 12.8 Å². The Hall–Kier alpha value is -2.71. The summed E-state index contributed by atoms with van der Waals surface area (Å²) in [6, 6.07) is 14.2. The first-order chi connectivity index (χ1) is 11.6. The van der Waals surface area contributed by atoms with E-state index in [2.05, 4.69) is 52.1 Å². The predicted octanol–water partition coefficient (Wildman–Crippen LogP) is 4.46. The number of nitrogens with zero attached hydrogens (tertiary/aromatic N) is 1. The molecule has 0 bridgehead atoms. The number of aryl methyl sites for hydroxylation is 1. The van der Waals surface area contributed by atoms with E-state index in [9.17, 15) is 5.26 Å². The molecular weight excluding hydrogens is 366 g/mol. The van der Waals surface area contributed by atoms with E-state index in [0.29, 0.717) is 11.3 Å². The van der Waals surface area contributed by atoms with Crippen molar-refractivity contribution in [3.05, 3.63) is 75.2 Å². The minimum absolute atomic E-state index is 0.166. The smallest absolute Gasteiger partial charge is 0.205 e. The number of fused-ring (bicyclic) bond motifs is 2. The van der Waals surface area contributed by atoms with Crippen LogP contribution < -0.4 is 10.5 Å². The van der Waals surface area contributed by atoms with E-state index in [1.54, 1.807) is 0 Å². The Morgan fingerprint density at radius 3 is 2.83 bits per heavy atom. The number of rotatable bonds is 1. The summed E-state index contributed by atoms with van der Waals surface area (Å²) >= 11 is 3.51. The fourth-order valence-corrected chi connectivity index (χ4v) is 3.63. The Kier molecular flexibility index (Phi) is 3.36. The van der Waals surface area contributed by atoms with E-state index < -0.39 is 0 Å². The number of nitrogens with two attached hydrogens (primary N) is 1. The third-order valence-electron chi connectivity index (χ3n) is 4.36. The molecule has 1 aromatic heterocycles. The van der Waals surface area contributed by atoms with E-state index in [0.717, 1.165) is 26.5 Å². The number of nitrogens with one attached hydrogen (secondary N) is 1. The summed E-state index contributed by atoms with van der Waals surface area (Å²) in [6.45, 7) is 2.06. The maximum Gasteiger partial charge on any atom is 0.205 e. The van der Waals surface area contributed by atoms with Gasteiger partial charge >= 0.3 is 0 Å². The number of aromatic amines is 1. The monoisotopic (exact) mass is 379 g/mol. The second-order valence-electron chi connectivity index (χ2n) is 5.90. The molecule has 2 aromatic carbocycles. The fraction of sp³-hybridized carbons (Fsp3) is 0.105. The van der Waals surface area contributed by atoms with Gasteiger partial charge < -0.3 is 15.5 Å². The Morgan fingerprint density at radius 2 is 2.04 bits per heavy atom. The van der Waals surface area contributed by atoms with Gasteiger partial charge in [0.2, 0.25) is 5.88 Å². The van der Waals surface area contributed by atoms with Crippen molar-refractivity contribution in [2.24, 2.45) is 5.73 Å². The summed E-state index contributed by atoms with van der Waals surface area (Å²) in [4.78, 5) is 3.29. The molecule has 24 heavy (non-hydrogen) atoms. The van der Waals surface area contributed by atoms with Crippen LogP contribution in [0.25, 0.3) is 10.9 Å². The van der Waals surface area contributed by atoms with Crippen molar-refractivity contribution in [1.29, 1.82) is 5.26 Å². The number of benzene rings is 2. The lowest BCUT2D eigenvalue weighted by Gasteiger charge is -2.26. The van der Waals surface area contributed by atoms with Gasteiger partial charge in [0.05, 0.1) is 5.92 Å². The minimum Gasteiger partial charge on any atom is -0.440 e. The molecule has 0 aliphatic carbocycles. The highest BCUT2D eigenvalue weighted by atomic mass is 79.9. The minimum atomic E-state index is -0.258. The highest BCUT2D eigenvalue weighted by molar-refractivity contribution is 9.10. The average molecular weight is 380 g/mol. The summed E-state index contributed by atoms with van der Waals surface area (Å²) in [7, 11) is 0. The van der Waals surface area contributed by atoms with Gasteiger partial charge in [-0.05, 0) is 42.8 Å². The SMILES string of the molecule is Cc1ccc2[nH]cc([C@@H]3C(C#N)=C(N)Oc4ccc(Br)cc43)c2c1. The van der Waals surface area contributed by atoms with E-state index >= 15 is 0 Å². The second-order valence-corrected chi connectivity index (χ2v) is 6.82. The first-order valence-electron chi connectivity index (χ1n) is 7.53. The number of ether oxygens (including phenoxy) is 1. The first-order valence-corrected chi connectivity index (χ1v) is 8.32. The lowest BCUT2D eigenvalue weighted by Crippen LogP contribution is -2.20. The van der Waals surface area contributed by atoms with Crippen LogP contribution >= 0.6 is 15.9 Å². The summed E-state index contributed by atoms with van der Waals surface area (Å²) in [5.74, 6) is 0.591. The fourth-order valence-electron chi connectivity index (χ4n) is 3.25. The first kappa shape index (κ1) is 14.9. The molecule has 4 rings (SSSR count). The Balaban J connectivity index is 2.03. The number of hydrogen-bond acceptors (Lipinski definition) is 3. The van der Waals surface area contributed by atoms with Crippen LogP contribution in [0.1, 0.15) is 22.6 Å². The van der Waals surface area contributed by atoms with Crippen molar-refractivity contribution in [3.63, 3.8) is 0 Å². The maximum absolute atomic E-state index is 9.66. The molecule has 3 N–H and O–H groups in total. The average Bonchev–Trinajstić information content (AvgIpc) is 2.96. The van der Waals surface area contributed by atoms with Crippen molar-refractivity contribution >= 4 is 26.8 Å². The quantitative estimate of drug-likeness (QED) is 0.655. The molecule has 1 atom stereocenters. The van der Waals surface area contributed by atoms with Crippen molar-refractivity contribution in [3.8, 4) is 11.8 Å². The summed E-state index contributed by atoms with van der Waals surface area (Å²) < 4.78 is 6.59. The van der Waals surface area contributed by atoms with Crippen LogP contribution in [0.4, 0.5) is 0 Å². The Bertz CT molecular complexity index is 1040. The number of aromatic nitrogens is 1. The molecule has 118 valence electrons. The number of hydrogen-bond donors (Lipinski definition) is 2. The molecule has 0 radical (unpaired) electrons. The van der Waals surface area contributed by atoms with Crippen LogP contribution in [0.5, 0.6) is 5.75 Å². The van der Waals surface area contributed by atoms with Gasteiger partial charge in [-0.2, -0.15) is 5.26 Å². The van der Waals surface area contributed by atoms with Gasteiger partial charge in [-0.25, -0.2) is 0 Å². The summed E-state index contributed by atoms with van der Waals surface area (Å²) in [5.41, 5.74) is 10.6. The van der Waals surface area contributed by atoms with Crippen LogP contribution in [0.15, 0.2) is 58.5 Å². The predicted molar refractivity (Wildman–Crippen MR) is 96.5 cm³/mol. The molecule has 4 nitrogen and oxygen atoms in total. The maximum atomic E-state index is 9.66. The highest BCUT2D eigenvalue weighted by Crippen LogP contribution is 2.45. The largest absolute Gasteiger partial charge is 0.440 e. The van der Waals surface area contributed by atoms with Crippen LogP contribution in [-0.2, 0) is 0 Å². The van der Waals surface area contributed by atoms with Crippen LogP contribution in [-0.4, -0.2) is 4.98 Å². The van der Waals surface area contributed by atoms with Crippen molar-refractivity contribution in [1.82, 2.24) is 4.98 Å². The van der Waals surface area contributed by atoms with Crippen LogP contribution in [0.3, 0.4) is 0 Å². The van der Waals surface area contributed by atoms with E-state index in [-0.39, 0.29) is 11.8 Å². The molecule has 0 fully saturated rings. The highest BCUT2D eigenvalue weighted by Gasteiger charge is 2.32. The second kappa shape index (κ2) is 5.43. The van der Waals surface area contributed by atoms with Gasteiger partial charge in [0.15, 0.2) is 0 Å². The van der Waals surface area contributed by atoms with E-state index in [1.807, 2.05) is 24.4 Å². The van der Waals surface area contributed by atoms with Gasteiger partial charge in [0.1, 0.15) is 17.4 Å².